The van der Waals surface area contributed by atoms with E-state index in [9.17, 15) is 0 Å². The Morgan fingerprint density at radius 3 is 2.64 bits per heavy atom. The fourth-order valence-electron chi connectivity index (χ4n) is 0.584. The van der Waals surface area contributed by atoms with E-state index in [1.54, 1.807) is 6.08 Å². The number of allylic oxidation sites excluding steroid dienone is 5. The highest BCUT2D eigenvalue weighted by Crippen LogP contribution is 1.92. The number of aliphatic hydroxyl groups is 1. The third-order valence-electron chi connectivity index (χ3n) is 1.12. The molecule has 2 heteroatoms. The predicted octanol–water partition coefficient (Wildman–Crippen LogP) is 1.34. The Morgan fingerprint density at radius 2 is 2.09 bits per heavy atom. The van der Waals surface area contributed by atoms with E-state index in [2.05, 4.69) is 6.58 Å². The average Bonchev–Trinajstić information content (AvgIpc) is 1.96. The molecule has 2 nitrogen and oxygen atoms in total. The Balaban J connectivity index is 3.30. The maximum atomic E-state index is 8.66. The molecule has 0 fully saturated rings. The van der Waals surface area contributed by atoms with Gasteiger partial charge in [-0.2, -0.15) is 0 Å². The molecule has 0 bridgehead atoms. The summed E-state index contributed by atoms with van der Waals surface area (Å²) in [5.74, 6) is 0. The zero-order valence-corrected chi connectivity index (χ0v) is 6.61. The second-order valence-electron chi connectivity index (χ2n) is 2.19. The van der Waals surface area contributed by atoms with Gasteiger partial charge in [-0.15, -0.1) is 0 Å². The third-order valence-corrected chi connectivity index (χ3v) is 1.12. The van der Waals surface area contributed by atoms with Gasteiger partial charge in [0.15, 0.2) is 0 Å². The van der Waals surface area contributed by atoms with Gasteiger partial charge in [0.2, 0.25) is 0 Å². The Labute approximate surface area is 67.7 Å². The molecule has 1 atom stereocenters. The van der Waals surface area contributed by atoms with Crippen molar-refractivity contribution in [3.8, 4) is 0 Å². The van der Waals surface area contributed by atoms with Crippen molar-refractivity contribution in [3.05, 3.63) is 37.0 Å². The number of aliphatic hydroxyl groups excluding tert-OH is 1. The van der Waals surface area contributed by atoms with Gasteiger partial charge < -0.3 is 10.8 Å². The number of hydrogen-bond donors (Lipinski definition) is 2. The first-order chi connectivity index (χ1) is 5.27. The normalized spacial score (nSPS) is 14.4. The van der Waals surface area contributed by atoms with Gasteiger partial charge in [0.05, 0.1) is 0 Å². The van der Waals surface area contributed by atoms with Gasteiger partial charge in [0.25, 0.3) is 0 Å². The van der Waals surface area contributed by atoms with E-state index in [0.717, 1.165) is 6.42 Å². The van der Waals surface area contributed by atoms with Crippen molar-refractivity contribution in [2.24, 2.45) is 5.73 Å². The molecule has 0 radical (unpaired) electrons. The van der Waals surface area contributed by atoms with E-state index >= 15 is 0 Å². The van der Waals surface area contributed by atoms with E-state index < -0.39 is 6.23 Å². The lowest BCUT2D eigenvalue weighted by molar-refractivity contribution is 0.173. The highest BCUT2D eigenvalue weighted by Gasteiger charge is 1.89. The van der Waals surface area contributed by atoms with E-state index in [-0.39, 0.29) is 0 Å². The van der Waals surface area contributed by atoms with Gasteiger partial charge in [0.1, 0.15) is 6.23 Å². The van der Waals surface area contributed by atoms with Gasteiger partial charge in [-0.25, -0.2) is 0 Å². The van der Waals surface area contributed by atoms with Crippen LogP contribution in [0.3, 0.4) is 0 Å². The van der Waals surface area contributed by atoms with Crippen molar-refractivity contribution < 1.29 is 5.11 Å². The first kappa shape index (κ1) is 10.1. The minimum atomic E-state index is -0.692. The second kappa shape index (κ2) is 7.25. The molecule has 3 N–H and O–H groups in total. The summed E-state index contributed by atoms with van der Waals surface area (Å²) in [5.41, 5.74) is 5.12. The molecule has 0 aromatic heterocycles. The van der Waals surface area contributed by atoms with Crippen LogP contribution >= 0.6 is 0 Å². The van der Waals surface area contributed by atoms with Crippen molar-refractivity contribution in [3.63, 3.8) is 0 Å². The molecule has 0 aliphatic carbocycles. The summed E-state index contributed by atoms with van der Waals surface area (Å²) in [7, 11) is 0. The van der Waals surface area contributed by atoms with Crippen LogP contribution in [-0.4, -0.2) is 11.3 Å². The van der Waals surface area contributed by atoms with Crippen molar-refractivity contribution in [2.75, 3.05) is 0 Å². The highest BCUT2D eigenvalue weighted by atomic mass is 16.3. The second-order valence-corrected chi connectivity index (χ2v) is 2.19. The molecule has 0 amide bonds. The largest absolute Gasteiger partial charge is 0.379 e. The summed E-state index contributed by atoms with van der Waals surface area (Å²) < 4.78 is 0. The molecular formula is C9H15NO. The predicted molar refractivity (Wildman–Crippen MR) is 47.9 cm³/mol. The Bertz CT molecular complexity index is 148. The van der Waals surface area contributed by atoms with E-state index in [4.69, 9.17) is 10.8 Å². The number of hydrogen-bond acceptors (Lipinski definition) is 2. The Morgan fingerprint density at radius 1 is 1.36 bits per heavy atom. The lowest BCUT2D eigenvalue weighted by Crippen LogP contribution is -2.17. The van der Waals surface area contributed by atoms with Crippen LogP contribution in [0.15, 0.2) is 37.0 Å². The highest BCUT2D eigenvalue weighted by molar-refractivity contribution is 5.08. The third kappa shape index (κ3) is 9.14. The average molecular weight is 153 g/mol. The first-order valence-corrected chi connectivity index (χ1v) is 3.65. The molecule has 62 valence electrons. The molecule has 1 unspecified atom stereocenters. The lowest BCUT2D eigenvalue weighted by atomic mass is 10.2. The van der Waals surface area contributed by atoms with Gasteiger partial charge in [-0.05, 0) is 12.8 Å². The van der Waals surface area contributed by atoms with Gasteiger partial charge in [0, 0.05) is 0 Å². The maximum Gasteiger partial charge on any atom is 0.102 e. The molecule has 0 spiro atoms. The van der Waals surface area contributed by atoms with Crippen LogP contribution < -0.4 is 5.73 Å². The van der Waals surface area contributed by atoms with Crippen LogP contribution in [0.2, 0.25) is 0 Å². The summed E-state index contributed by atoms with van der Waals surface area (Å²) in [6.07, 6.45) is 10.0. The molecule has 0 aliphatic rings. The first-order valence-electron chi connectivity index (χ1n) is 3.65. The van der Waals surface area contributed by atoms with Gasteiger partial charge in [-0.1, -0.05) is 37.0 Å². The lowest BCUT2D eigenvalue weighted by Gasteiger charge is -1.97. The summed E-state index contributed by atoms with van der Waals surface area (Å²) in [6, 6.07) is 0. The monoisotopic (exact) mass is 153 g/mol. The Hall–Kier alpha value is -0.860. The fourth-order valence-corrected chi connectivity index (χ4v) is 0.584. The summed E-state index contributed by atoms with van der Waals surface area (Å²) >= 11 is 0. The molecule has 0 aromatic rings. The summed E-state index contributed by atoms with van der Waals surface area (Å²) in [5, 5.41) is 8.66. The smallest absolute Gasteiger partial charge is 0.102 e. The molecule has 0 saturated carbocycles. The molecule has 0 aliphatic heterocycles. The van der Waals surface area contributed by atoms with Crippen molar-refractivity contribution >= 4 is 0 Å². The number of nitrogens with two attached hydrogens (primary N) is 1. The molecular weight excluding hydrogens is 138 g/mol. The quantitative estimate of drug-likeness (QED) is 0.462. The van der Waals surface area contributed by atoms with Crippen LogP contribution in [0.1, 0.15) is 12.8 Å². The zero-order valence-electron chi connectivity index (χ0n) is 6.61. The summed E-state index contributed by atoms with van der Waals surface area (Å²) in [6.45, 7) is 3.53. The van der Waals surface area contributed by atoms with E-state index in [1.807, 2.05) is 24.3 Å². The van der Waals surface area contributed by atoms with Crippen molar-refractivity contribution in [1.29, 1.82) is 0 Å². The standard InChI is InChI=1S/C9H15NO/c1-2-3-4-5-6-7-8-9(10)11/h2-6,9,11H,1,7-8,10H2/b4-3-,6-5+. The van der Waals surface area contributed by atoms with Crippen molar-refractivity contribution in [1.82, 2.24) is 0 Å². The Kier molecular flexibility index (Phi) is 6.68. The fraction of sp³-hybridized carbons (Fsp3) is 0.333. The topological polar surface area (TPSA) is 46.2 Å². The van der Waals surface area contributed by atoms with Crippen LogP contribution in [0.4, 0.5) is 0 Å². The molecule has 0 saturated heterocycles. The van der Waals surface area contributed by atoms with Crippen LogP contribution in [0.25, 0.3) is 0 Å². The minimum absolute atomic E-state index is 0.610. The SMILES string of the molecule is C=C/C=C\C=C\CCC(N)O. The molecule has 0 heterocycles. The van der Waals surface area contributed by atoms with E-state index in [0.29, 0.717) is 6.42 Å². The van der Waals surface area contributed by atoms with Gasteiger partial charge in [-0.3, -0.25) is 0 Å². The van der Waals surface area contributed by atoms with Crippen LogP contribution in [0, 0.1) is 0 Å². The van der Waals surface area contributed by atoms with Gasteiger partial charge >= 0.3 is 0 Å². The molecule has 11 heavy (non-hydrogen) atoms. The number of rotatable bonds is 5. The zero-order chi connectivity index (χ0) is 8.53. The van der Waals surface area contributed by atoms with Crippen molar-refractivity contribution in [2.45, 2.75) is 19.1 Å². The minimum Gasteiger partial charge on any atom is -0.379 e. The molecule has 0 aromatic carbocycles. The maximum absolute atomic E-state index is 8.66. The van der Waals surface area contributed by atoms with Crippen LogP contribution in [0.5, 0.6) is 0 Å². The summed E-state index contributed by atoms with van der Waals surface area (Å²) in [4.78, 5) is 0. The van der Waals surface area contributed by atoms with E-state index in [1.165, 1.54) is 0 Å². The molecule has 0 rings (SSSR count). The van der Waals surface area contributed by atoms with Crippen LogP contribution in [-0.2, 0) is 0 Å².